The highest BCUT2D eigenvalue weighted by atomic mass is 32.2. The average Bonchev–Trinajstić information content (AvgIpc) is 2.73. The standard InChI is InChI=1S/C25H25F3N2O4S/c1-16-8-13-21(22(14-16)35(32,33)30-23(31)29-24(2,3)4)34-20-7-5-6-18(15-20)17-9-11-19(12-10-17)25(26,27)28/h5-15H,1-4H3,(H2,29,30,31). The number of alkyl halides is 3. The van der Waals surface area contributed by atoms with Gasteiger partial charge in [0.25, 0.3) is 10.0 Å². The number of urea groups is 1. The van der Waals surface area contributed by atoms with Crippen molar-refractivity contribution in [3.8, 4) is 22.6 Å². The number of ether oxygens (including phenoxy) is 1. The van der Waals surface area contributed by atoms with E-state index in [0.717, 1.165) is 12.1 Å². The number of hydrogen-bond acceptors (Lipinski definition) is 4. The molecule has 0 aliphatic rings. The van der Waals surface area contributed by atoms with Crippen LogP contribution in [0.3, 0.4) is 0 Å². The van der Waals surface area contributed by atoms with Gasteiger partial charge in [-0.05, 0) is 80.8 Å². The summed E-state index contributed by atoms with van der Waals surface area (Å²) in [6, 6.07) is 14.8. The molecule has 0 heterocycles. The SMILES string of the molecule is Cc1ccc(Oc2cccc(-c3ccc(C(F)(F)F)cc3)c2)c(S(=O)(=O)NC(=O)NC(C)(C)C)c1. The maximum atomic E-state index is 12.9. The molecule has 2 amide bonds. The molecule has 0 saturated carbocycles. The summed E-state index contributed by atoms with van der Waals surface area (Å²) in [6.45, 7) is 6.83. The lowest BCUT2D eigenvalue weighted by atomic mass is 10.0. The van der Waals surface area contributed by atoms with E-state index in [9.17, 15) is 26.4 Å². The number of sulfonamides is 1. The third-order valence-electron chi connectivity index (χ3n) is 4.71. The quantitative estimate of drug-likeness (QED) is 0.428. The van der Waals surface area contributed by atoms with Gasteiger partial charge in [-0.25, -0.2) is 17.9 Å². The van der Waals surface area contributed by atoms with E-state index in [1.807, 2.05) is 4.72 Å². The second-order valence-electron chi connectivity index (χ2n) is 8.96. The van der Waals surface area contributed by atoms with Crippen LogP contribution in [0.25, 0.3) is 11.1 Å². The van der Waals surface area contributed by atoms with Gasteiger partial charge >= 0.3 is 12.2 Å². The molecule has 2 N–H and O–H groups in total. The fourth-order valence-electron chi connectivity index (χ4n) is 3.17. The second-order valence-corrected chi connectivity index (χ2v) is 10.6. The van der Waals surface area contributed by atoms with E-state index in [-0.39, 0.29) is 16.4 Å². The molecule has 0 aliphatic heterocycles. The van der Waals surface area contributed by atoms with Crippen molar-refractivity contribution in [2.24, 2.45) is 0 Å². The molecule has 0 aromatic heterocycles. The van der Waals surface area contributed by atoms with E-state index in [0.29, 0.717) is 16.7 Å². The summed E-state index contributed by atoms with van der Waals surface area (Å²) in [6.07, 6.45) is -4.44. The molecule has 186 valence electrons. The summed E-state index contributed by atoms with van der Waals surface area (Å²) < 4.78 is 72.3. The summed E-state index contributed by atoms with van der Waals surface area (Å²) >= 11 is 0. The maximum Gasteiger partial charge on any atom is 0.416 e. The minimum atomic E-state index is -4.44. The number of rotatable bonds is 5. The van der Waals surface area contributed by atoms with Gasteiger partial charge in [0.2, 0.25) is 0 Å². The number of nitrogens with one attached hydrogen (secondary N) is 2. The largest absolute Gasteiger partial charge is 0.456 e. The Kier molecular flexibility index (Phi) is 7.16. The third kappa shape index (κ3) is 6.98. The van der Waals surface area contributed by atoms with Crippen molar-refractivity contribution in [3.05, 3.63) is 77.9 Å². The number of benzene rings is 3. The van der Waals surface area contributed by atoms with Crippen LogP contribution >= 0.6 is 0 Å². The summed E-state index contributed by atoms with van der Waals surface area (Å²) in [5.41, 5.74) is 0.333. The molecule has 0 fully saturated rings. The van der Waals surface area contributed by atoms with Gasteiger partial charge in [0.15, 0.2) is 0 Å². The third-order valence-corrected chi connectivity index (χ3v) is 6.06. The van der Waals surface area contributed by atoms with E-state index in [4.69, 9.17) is 4.74 Å². The molecule has 3 aromatic rings. The lowest BCUT2D eigenvalue weighted by molar-refractivity contribution is -0.137. The molecule has 0 atom stereocenters. The van der Waals surface area contributed by atoms with Crippen LogP contribution in [0.2, 0.25) is 0 Å². The molecule has 3 aromatic carbocycles. The first-order chi connectivity index (χ1) is 16.1. The zero-order valence-corrected chi connectivity index (χ0v) is 20.3. The molecule has 3 rings (SSSR count). The molecule has 35 heavy (non-hydrogen) atoms. The van der Waals surface area contributed by atoms with Crippen molar-refractivity contribution in [2.75, 3.05) is 0 Å². The van der Waals surface area contributed by atoms with E-state index < -0.39 is 33.3 Å². The molecule has 0 unspecified atom stereocenters. The second kappa shape index (κ2) is 9.61. The van der Waals surface area contributed by atoms with Crippen LogP contribution in [0.5, 0.6) is 11.5 Å². The summed E-state index contributed by atoms with van der Waals surface area (Å²) in [5.74, 6) is 0.248. The van der Waals surface area contributed by atoms with Crippen LogP contribution in [0.1, 0.15) is 31.9 Å². The van der Waals surface area contributed by atoms with Gasteiger partial charge in [-0.15, -0.1) is 0 Å². The molecule has 0 aliphatic carbocycles. The highest BCUT2D eigenvalue weighted by molar-refractivity contribution is 7.90. The monoisotopic (exact) mass is 506 g/mol. The summed E-state index contributed by atoms with van der Waals surface area (Å²) in [5, 5.41) is 2.53. The number of carbonyl (C=O) groups excluding carboxylic acids is 1. The first kappa shape index (κ1) is 26.1. The maximum absolute atomic E-state index is 12.9. The lowest BCUT2D eigenvalue weighted by Gasteiger charge is -2.21. The van der Waals surface area contributed by atoms with Crippen LogP contribution in [0.4, 0.5) is 18.0 Å². The Labute approximate surface area is 202 Å². The van der Waals surface area contributed by atoms with Crippen molar-refractivity contribution in [2.45, 2.75) is 44.3 Å². The van der Waals surface area contributed by atoms with Crippen LogP contribution in [0.15, 0.2) is 71.6 Å². The van der Waals surface area contributed by atoms with Gasteiger partial charge in [0.1, 0.15) is 16.4 Å². The Bertz CT molecular complexity index is 1330. The van der Waals surface area contributed by atoms with E-state index >= 15 is 0 Å². The number of carbonyl (C=O) groups is 1. The van der Waals surface area contributed by atoms with Crippen molar-refractivity contribution < 1.29 is 31.1 Å². The number of hydrogen-bond donors (Lipinski definition) is 2. The van der Waals surface area contributed by atoms with Crippen LogP contribution < -0.4 is 14.8 Å². The molecular formula is C25H25F3N2O4S. The average molecular weight is 507 g/mol. The molecule has 10 heteroatoms. The molecule has 0 radical (unpaired) electrons. The van der Waals surface area contributed by atoms with Crippen molar-refractivity contribution >= 4 is 16.1 Å². The Morgan fingerprint density at radius 2 is 1.54 bits per heavy atom. The minimum Gasteiger partial charge on any atom is -0.456 e. The Balaban J connectivity index is 1.90. The summed E-state index contributed by atoms with van der Waals surface area (Å²) in [4.78, 5) is 11.9. The highest BCUT2D eigenvalue weighted by Gasteiger charge is 2.30. The van der Waals surface area contributed by atoms with Crippen LogP contribution in [-0.2, 0) is 16.2 Å². The Morgan fingerprint density at radius 1 is 0.886 bits per heavy atom. The molecule has 0 spiro atoms. The van der Waals surface area contributed by atoms with Gasteiger partial charge in [-0.1, -0.05) is 30.3 Å². The van der Waals surface area contributed by atoms with Crippen molar-refractivity contribution in [1.29, 1.82) is 0 Å². The zero-order chi connectivity index (χ0) is 26.0. The predicted octanol–water partition coefficient (Wildman–Crippen LogP) is 6.26. The fourth-order valence-corrected chi connectivity index (χ4v) is 4.29. The number of amides is 2. The smallest absolute Gasteiger partial charge is 0.416 e. The van der Waals surface area contributed by atoms with Crippen molar-refractivity contribution in [3.63, 3.8) is 0 Å². The summed E-state index contributed by atoms with van der Waals surface area (Å²) in [7, 11) is -4.28. The van der Waals surface area contributed by atoms with E-state index in [1.54, 1.807) is 58.0 Å². The van der Waals surface area contributed by atoms with Gasteiger partial charge < -0.3 is 10.1 Å². The molecule has 6 nitrogen and oxygen atoms in total. The fraction of sp³-hybridized carbons (Fsp3) is 0.240. The van der Waals surface area contributed by atoms with E-state index in [1.165, 1.54) is 24.3 Å². The Hall–Kier alpha value is -3.53. The predicted molar refractivity (Wildman–Crippen MR) is 127 cm³/mol. The van der Waals surface area contributed by atoms with E-state index in [2.05, 4.69) is 5.32 Å². The highest BCUT2D eigenvalue weighted by Crippen LogP contribution is 2.34. The lowest BCUT2D eigenvalue weighted by Crippen LogP contribution is -2.48. The minimum absolute atomic E-state index is 0.0174. The molecule has 0 saturated heterocycles. The van der Waals surface area contributed by atoms with Crippen molar-refractivity contribution in [1.82, 2.24) is 10.0 Å². The van der Waals surface area contributed by atoms with Gasteiger partial charge in [0.05, 0.1) is 5.56 Å². The number of halogens is 3. The molecule has 0 bridgehead atoms. The molecular weight excluding hydrogens is 481 g/mol. The van der Waals surface area contributed by atoms with Crippen LogP contribution in [-0.4, -0.2) is 20.0 Å². The first-order valence-corrected chi connectivity index (χ1v) is 12.0. The normalized spacial score (nSPS) is 12.2. The number of aryl methyl sites for hydroxylation is 1. The van der Waals surface area contributed by atoms with Crippen LogP contribution in [0, 0.1) is 6.92 Å². The van der Waals surface area contributed by atoms with Gasteiger partial charge in [-0.2, -0.15) is 13.2 Å². The van der Waals surface area contributed by atoms with Gasteiger partial charge in [-0.3, -0.25) is 0 Å². The Morgan fingerprint density at radius 3 is 2.14 bits per heavy atom. The zero-order valence-electron chi connectivity index (χ0n) is 19.5. The topological polar surface area (TPSA) is 84.5 Å². The first-order valence-electron chi connectivity index (χ1n) is 10.6. The van der Waals surface area contributed by atoms with Gasteiger partial charge in [0, 0.05) is 5.54 Å².